The molecule has 0 aliphatic carbocycles. The van der Waals surface area contributed by atoms with E-state index in [9.17, 15) is 24.9 Å². The fraction of sp³-hybridized carbons (Fsp3) is 0.368. The largest absolute Gasteiger partial charge is 0.506 e. The summed E-state index contributed by atoms with van der Waals surface area (Å²) < 4.78 is 11.2. The van der Waals surface area contributed by atoms with Crippen LogP contribution in [0.4, 0.5) is 0 Å². The highest BCUT2D eigenvalue weighted by molar-refractivity contribution is 9.11. The van der Waals surface area contributed by atoms with Crippen molar-refractivity contribution in [3.63, 3.8) is 0 Å². The van der Waals surface area contributed by atoms with Gasteiger partial charge < -0.3 is 24.8 Å². The summed E-state index contributed by atoms with van der Waals surface area (Å²) in [6.45, 7) is 1.63. The Morgan fingerprint density at radius 3 is 2.39 bits per heavy atom. The first-order chi connectivity index (χ1) is 13.2. The fourth-order valence-corrected chi connectivity index (χ4v) is 4.14. The second-order valence-corrected chi connectivity index (χ2v) is 7.79. The minimum Gasteiger partial charge on any atom is -0.506 e. The second kappa shape index (κ2) is 9.69. The SMILES string of the molecule is COc1c(Br)c(O)c2c(c1Br)/C=C\C[C@H](O)[C@H](O)C(=O)/C=C\C[C@H](C)OC2=O. The maximum Gasteiger partial charge on any atom is 0.342 e. The molecule has 0 aromatic heterocycles. The number of carbonyl (C=O) groups excluding carboxylic acids is 2. The molecular weight excluding hydrogens is 500 g/mol. The summed E-state index contributed by atoms with van der Waals surface area (Å²) in [5.74, 6) is -1.48. The molecule has 0 amide bonds. The number of esters is 1. The summed E-state index contributed by atoms with van der Waals surface area (Å²) in [5.41, 5.74) is 0.185. The van der Waals surface area contributed by atoms with Crippen molar-refractivity contribution in [2.75, 3.05) is 7.11 Å². The molecule has 1 heterocycles. The number of rotatable bonds is 1. The Kier molecular flexibility index (Phi) is 7.82. The van der Waals surface area contributed by atoms with Crippen LogP contribution in [0.2, 0.25) is 0 Å². The monoisotopic (exact) mass is 518 g/mol. The average molecular weight is 520 g/mol. The van der Waals surface area contributed by atoms with Gasteiger partial charge in [-0.15, -0.1) is 0 Å². The van der Waals surface area contributed by atoms with Gasteiger partial charge in [0.05, 0.1) is 17.7 Å². The quantitative estimate of drug-likeness (QED) is 0.488. The maximum atomic E-state index is 12.7. The number of hydrogen-bond acceptors (Lipinski definition) is 7. The van der Waals surface area contributed by atoms with E-state index >= 15 is 0 Å². The maximum absolute atomic E-state index is 12.7. The number of fused-ring (bicyclic) bond motifs is 1. The molecule has 0 saturated heterocycles. The van der Waals surface area contributed by atoms with Crippen LogP contribution < -0.4 is 4.74 Å². The Hall–Kier alpha value is -1.68. The van der Waals surface area contributed by atoms with Gasteiger partial charge >= 0.3 is 5.97 Å². The van der Waals surface area contributed by atoms with Gasteiger partial charge in [-0.25, -0.2) is 4.79 Å². The third-order valence-corrected chi connectivity index (χ3v) is 5.66. The number of ether oxygens (including phenoxy) is 2. The van der Waals surface area contributed by atoms with E-state index in [-0.39, 0.29) is 39.9 Å². The predicted octanol–water partition coefficient (Wildman–Crippen LogP) is 3.13. The van der Waals surface area contributed by atoms with Crippen LogP contribution in [0.25, 0.3) is 6.08 Å². The lowest BCUT2D eigenvalue weighted by atomic mass is 10.0. The lowest BCUT2D eigenvalue weighted by Crippen LogP contribution is -2.32. The van der Waals surface area contributed by atoms with E-state index in [0.29, 0.717) is 4.47 Å². The van der Waals surface area contributed by atoms with Crippen molar-refractivity contribution in [2.24, 2.45) is 0 Å². The minimum absolute atomic E-state index is 0.0583. The predicted molar refractivity (Wildman–Crippen MR) is 109 cm³/mol. The molecule has 9 heteroatoms. The Morgan fingerprint density at radius 2 is 1.75 bits per heavy atom. The number of phenols is 1. The van der Waals surface area contributed by atoms with E-state index in [2.05, 4.69) is 31.9 Å². The summed E-state index contributed by atoms with van der Waals surface area (Å²) in [5, 5.41) is 30.5. The smallest absolute Gasteiger partial charge is 0.342 e. The second-order valence-electron chi connectivity index (χ2n) is 6.21. The van der Waals surface area contributed by atoms with E-state index in [1.807, 2.05) is 0 Å². The molecule has 7 nitrogen and oxygen atoms in total. The highest BCUT2D eigenvalue weighted by Crippen LogP contribution is 2.46. The number of hydrogen-bond donors (Lipinski definition) is 3. The number of benzene rings is 1. The first-order valence-corrected chi connectivity index (χ1v) is 9.99. The summed E-state index contributed by atoms with van der Waals surface area (Å²) in [4.78, 5) is 24.6. The molecule has 0 spiro atoms. The molecule has 1 aliphatic heterocycles. The zero-order valence-corrected chi connectivity index (χ0v) is 18.4. The zero-order chi connectivity index (χ0) is 21.0. The van der Waals surface area contributed by atoms with Crippen LogP contribution in [0, 0.1) is 0 Å². The zero-order valence-electron chi connectivity index (χ0n) is 15.2. The van der Waals surface area contributed by atoms with Crippen LogP contribution in [0.3, 0.4) is 0 Å². The van der Waals surface area contributed by atoms with Gasteiger partial charge in [-0.1, -0.05) is 18.2 Å². The Bertz CT molecular complexity index is 832. The molecule has 0 fully saturated rings. The number of aromatic hydroxyl groups is 1. The molecule has 1 aromatic carbocycles. The molecule has 1 aromatic rings. The van der Waals surface area contributed by atoms with Gasteiger partial charge in [0.15, 0.2) is 11.5 Å². The van der Waals surface area contributed by atoms with E-state index < -0.39 is 30.1 Å². The van der Waals surface area contributed by atoms with E-state index in [4.69, 9.17) is 9.47 Å². The molecule has 3 atom stereocenters. The van der Waals surface area contributed by atoms with Gasteiger partial charge in [0.1, 0.15) is 28.0 Å². The van der Waals surface area contributed by atoms with Crippen LogP contribution in [-0.2, 0) is 9.53 Å². The lowest BCUT2D eigenvalue weighted by Gasteiger charge is -2.19. The normalized spacial score (nSPS) is 26.0. The number of ketones is 1. The van der Waals surface area contributed by atoms with Crippen molar-refractivity contribution in [3.8, 4) is 11.5 Å². The summed E-state index contributed by atoms with van der Waals surface area (Å²) >= 11 is 6.57. The highest BCUT2D eigenvalue weighted by Gasteiger charge is 2.28. The molecule has 2 rings (SSSR count). The lowest BCUT2D eigenvalue weighted by molar-refractivity contribution is -0.127. The third kappa shape index (κ3) is 4.83. The number of aliphatic hydroxyl groups is 2. The Balaban J connectivity index is 2.60. The number of aliphatic hydroxyl groups excluding tert-OH is 2. The van der Waals surface area contributed by atoms with Crippen LogP contribution in [-0.4, -0.2) is 52.5 Å². The third-order valence-electron chi connectivity index (χ3n) is 4.13. The summed E-state index contributed by atoms with van der Waals surface area (Å²) in [6.07, 6.45) is 2.22. The first-order valence-electron chi connectivity index (χ1n) is 8.40. The number of methoxy groups -OCH3 is 1. The van der Waals surface area contributed by atoms with Crippen molar-refractivity contribution in [3.05, 3.63) is 38.3 Å². The van der Waals surface area contributed by atoms with E-state index in [1.54, 1.807) is 6.92 Å². The standard InChI is InChI=1S/C19H20Br2O7/c1-9-5-3-7-11(22)16(24)12(23)8-4-6-10-13(19(26)28-9)17(25)15(21)18(27-2)14(10)20/h3-4,6-7,9,12,16,23-25H,5,8H2,1-2H3/b6-4-,7-3-/t9-,12-,16+/m0/s1. The van der Waals surface area contributed by atoms with Crippen molar-refractivity contribution < 1.29 is 34.4 Å². The van der Waals surface area contributed by atoms with Gasteiger partial charge in [-0.2, -0.15) is 0 Å². The topological polar surface area (TPSA) is 113 Å². The molecule has 0 saturated carbocycles. The van der Waals surface area contributed by atoms with Crippen molar-refractivity contribution >= 4 is 49.7 Å². The molecule has 3 N–H and O–H groups in total. The number of halogens is 2. The van der Waals surface area contributed by atoms with Crippen molar-refractivity contribution in [2.45, 2.75) is 38.1 Å². The van der Waals surface area contributed by atoms with Crippen LogP contribution in [0.15, 0.2) is 27.2 Å². The molecular formula is C19H20Br2O7. The van der Waals surface area contributed by atoms with E-state index in [1.165, 1.54) is 25.3 Å². The summed E-state index contributed by atoms with van der Waals surface area (Å²) in [6, 6.07) is 0. The fourth-order valence-electron chi connectivity index (χ4n) is 2.62. The number of cyclic esters (lactones) is 1. The molecule has 0 bridgehead atoms. The average Bonchev–Trinajstić information content (AvgIpc) is 2.64. The molecule has 1 aliphatic rings. The minimum atomic E-state index is -1.57. The number of carbonyl (C=O) groups is 2. The molecule has 0 unspecified atom stereocenters. The van der Waals surface area contributed by atoms with Gasteiger partial charge in [-0.05, 0) is 51.3 Å². The molecule has 0 radical (unpaired) electrons. The van der Waals surface area contributed by atoms with Crippen molar-refractivity contribution in [1.29, 1.82) is 0 Å². The first kappa shape index (κ1) is 22.6. The molecule has 152 valence electrons. The van der Waals surface area contributed by atoms with Gasteiger partial charge in [0.25, 0.3) is 0 Å². The number of phenolic OH excluding ortho intramolecular Hbond substituents is 1. The van der Waals surface area contributed by atoms with Crippen LogP contribution in [0.1, 0.15) is 35.7 Å². The molecule has 28 heavy (non-hydrogen) atoms. The van der Waals surface area contributed by atoms with Gasteiger partial charge in [-0.3, -0.25) is 4.79 Å². The van der Waals surface area contributed by atoms with Crippen LogP contribution >= 0.6 is 31.9 Å². The van der Waals surface area contributed by atoms with Gasteiger partial charge in [0, 0.05) is 12.0 Å². The highest BCUT2D eigenvalue weighted by atomic mass is 79.9. The van der Waals surface area contributed by atoms with E-state index in [0.717, 1.165) is 6.08 Å². The Labute approximate surface area is 178 Å². The summed E-state index contributed by atoms with van der Waals surface area (Å²) in [7, 11) is 1.40. The van der Waals surface area contributed by atoms with Crippen molar-refractivity contribution in [1.82, 2.24) is 0 Å². The van der Waals surface area contributed by atoms with Gasteiger partial charge in [0.2, 0.25) is 0 Å². The van der Waals surface area contributed by atoms with Crippen LogP contribution in [0.5, 0.6) is 11.5 Å². The Morgan fingerprint density at radius 1 is 1.11 bits per heavy atom.